The standard InChI is InChI=1S/C20H25N5O2S/c1-12-18(28-13(2)22-12)20(27)25-8-5-4-6-17(25)19-21-10-15-11-24(14(3)26)9-7-16(15)23-19/h10,17H,4-9,11H2,1-3H3/t17-/m1/s1. The second-order valence-corrected chi connectivity index (χ2v) is 8.75. The zero-order valence-corrected chi connectivity index (χ0v) is 17.4. The summed E-state index contributed by atoms with van der Waals surface area (Å²) >= 11 is 1.46. The molecule has 1 saturated heterocycles. The van der Waals surface area contributed by atoms with Gasteiger partial charge >= 0.3 is 0 Å². The van der Waals surface area contributed by atoms with Crippen LogP contribution in [0.2, 0.25) is 0 Å². The molecule has 1 fully saturated rings. The number of amides is 2. The molecule has 1 atom stereocenters. The number of aromatic nitrogens is 3. The van der Waals surface area contributed by atoms with Gasteiger partial charge in [-0.3, -0.25) is 9.59 Å². The number of aryl methyl sites for hydroxylation is 2. The van der Waals surface area contributed by atoms with Gasteiger partial charge in [-0.05, 0) is 33.1 Å². The van der Waals surface area contributed by atoms with Crippen molar-refractivity contribution in [2.75, 3.05) is 13.1 Å². The van der Waals surface area contributed by atoms with E-state index in [9.17, 15) is 9.59 Å². The number of rotatable bonds is 2. The maximum absolute atomic E-state index is 13.2. The molecule has 2 aromatic rings. The number of hydrogen-bond acceptors (Lipinski definition) is 6. The zero-order chi connectivity index (χ0) is 19.8. The highest BCUT2D eigenvalue weighted by Crippen LogP contribution is 2.32. The van der Waals surface area contributed by atoms with Gasteiger partial charge in [-0.1, -0.05) is 0 Å². The van der Waals surface area contributed by atoms with E-state index in [2.05, 4.69) is 9.97 Å². The Hall–Kier alpha value is -2.35. The molecule has 28 heavy (non-hydrogen) atoms. The first kappa shape index (κ1) is 19.0. The minimum atomic E-state index is -0.0980. The molecule has 4 heterocycles. The molecular formula is C20H25N5O2S. The number of hydrogen-bond donors (Lipinski definition) is 0. The summed E-state index contributed by atoms with van der Waals surface area (Å²) in [5, 5.41) is 0.912. The maximum atomic E-state index is 13.2. The number of carbonyl (C=O) groups excluding carboxylic acids is 2. The van der Waals surface area contributed by atoms with Gasteiger partial charge < -0.3 is 9.80 Å². The van der Waals surface area contributed by atoms with Gasteiger partial charge in [-0.25, -0.2) is 15.0 Å². The Morgan fingerprint density at radius 2 is 2.00 bits per heavy atom. The Balaban J connectivity index is 1.61. The van der Waals surface area contributed by atoms with Crippen LogP contribution in [0.1, 0.15) is 69.7 Å². The summed E-state index contributed by atoms with van der Waals surface area (Å²) in [5.74, 6) is 0.841. The highest BCUT2D eigenvalue weighted by Gasteiger charge is 2.33. The first-order chi connectivity index (χ1) is 13.4. The van der Waals surface area contributed by atoms with Crippen LogP contribution in [0.25, 0.3) is 0 Å². The van der Waals surface area contributed by atoms with Crippen molar-refractivity contribution in [1.29, 1.82) is 0 Å². The molecule has 4 rings (SSSR count). The monoisotopic (exact) mass is 399 g/mol. The molecule has 8 heteroatoms. The predicted octanol–water partition coefficient (Wildman–Crippen LogP) is 2.82. The molecule has 0 aromatic carbocycles. The highest BCUT2D eigenvalue weighted by atomic mass is 32.1. The predicted molar refractivity (Wildman–Crippen MR) is 106 cm³/mol. The molecular weight excluding hydrogens is 374 g/mol. The third-order valence-electron chi connectivity index (χ3n) is 5.56. The number of piperidine rings is 1. The molecule has 7 nitrogen and oxygen atoms in total. The van der Waals surface area contributed by atoms with E-state index in [1.807, 2.05) is 29.8 Å². The van der Waals surface area contributed by atoms with E-state index < -0.39 is 0 Å². The second-order valence-electron chi connectivity index (χ2n) is 7.55. The van der Waals surface area contributed by atoms with Crippen molar-refractivity contribution in [2.45, 2.75) is 59.0 Å². The van der Waals surface area contributed by atoms with E-state index in [1.165, 1.54) is 11.3 Å². The summed E-state index contributed by atoms with van der Waals surface area (Å²) in [7, 11) is 0. The number of thiazole rings is 1. The third-order valence-corrected chi connectivity index (χ3v) is 6.62. The number of nitrogens with zero attached hydrogens (tertiary/aromatic N) is 5. The molecule has 2 aliphatic rings. The first-order valence-electron chi connectivity index (χ1n) is 9.79. The Morgan fingerprint density at radius 3 is 2.71 bits per heavy atom. The van der Waals surface area contributed by atoms with Crippen LogP contribution in [0.15, 0.2) is 6.20 Å². The zero-order valence-electron chi connectivity index (χ0n) is 16.6. The minimum absolute atomic E-state index is 0.0388. The SMILES string of the molecule is CC(=O)N1CCc2nc([C@H]3CCCCN3C(=O)c3sc(C)nc3C)ncc2C1. The largest absolute Gasteiger partial charge is 0.338 e. The molecule has 0 aliphatic carbocycles. The summed E-state index contributed by atoms with van der Waals surface area (Å²) < 4.78 is 0. The summed E-state index contributed by atoms with van der Waals surface area (Å²) in [6.45, 7) is 7.39. The minimum Gasteiger partial charge on any atom is -0.338 e. The Kier molecular flexibility index (Phi) is 5.14. The molecule has 2 aromatic heterocycles. The molecule has 0 bridgehead atoms. The fraction of sp³-hybridized carbons (Fsp3) is 0.550. The lowest BCUT2D eigenvalue weighted by molar-refractivity contribution is -0.129. The molecule has 0 saturated carbocycles. The van der Waals surface area contributed by atoms with Crippen LogP contribution in [0.4, 0.5) is 0 Å². The van der Waals surface area contributed by atoms with E-state index >= 15 is 0 Å². The van der Waals surface area contributed by atoms with Gasteiger partial charge in [-0.2, -0.15) is 0 Å². The van der Waals surface area contributed by atoms with Crippen molar-refractivity contribution < 1.29 is 9.59 Å². The molecule has 148 valence electrons. The van der Waals surface area contributed by atoms with Crippen LogP contribution in [-0.2, 0) is 17.8 Å². The van der Waals surface area contributed by atoms with E-state index in [0.29, 0.717) is 13.1 Å². The van der Waals surface area contributed by atoms with Crippen LogP contribution >= 0.6 is 11.3 Å². The van der Waals surface area contributed by atoms with Crippen molar-refractivity contribution >= 4 is 23.2 Å². The van der Waals surface area contributed by atoms with Crippen LogP contribution in [0.5, 0.6) is 0 Å². The van der Waals surface area contributed by atoms with E-state index in [0.717, 1.165) is 64.9 Å². The highest BCUT2D eigenvalue weighted by molar-refractivity contribution is 7.13. The Morgan fingerprint density at radius 1 is 1.18 bits per heavy atom. The van der Waals surface area contributed by atoms with Crippen LogP contribution in [-0.4, -0.2) is 49.7 Å². The van der Waals surface area contributed by atoms with Gasteiger partial charge in [0.1, 0.15) is 4.88 Å². The average molecular weight is 400 g/mol. The lowest BCUT2D eigenvalue weighted by atomic mass is 10.00. The quantitative estimate of drug-likeness (QED) is 0.776. The van der Waals surface area contributed by atoms with Crippen molar-refractivity contribution in [3.05, 3.63) is 38.9 Å². The summed E-state index contributed by atoms with van der Waals surface area (Å²) in [6.07, 6.45) is 5.51. The van der Waals surface area contributed by atoms with Gasteiger partial charge in [-0.15, -0.1) is 11.3 Å². The lowest BCUT2D eigenvalue weighted by Crippen LogP contribution is -2.40. The second kappa shape index (κ2) is 7.58. The molecule has 0 unspecified atom stereocenters. The van der Waals surface area contributed by atoms with E-state index in [4.69, 9.17) is 4.98 Å². The number of likely N-dealkylation sites (tertiary alicyclic amines) is 1. The third kappa shape index (κ3) is 3.53. The Labute approximate surface area is 168 Å². The number of carbonyl (C=O) groups is 2. The van der Waals surface area contributed by atoms with Crippen molar-refractivity contribution in [3.8, 4) is 0 Å². The van der Waals surface area contributed by atoms with Crippen LogP contribution in [0.3, 0.4) is 0 Å². The molecule has 0 spiro atoms. The summed E-state index contributed by atoms with van der Waals surface area (Å²) in [6, 6.07) is -0.0980. The van der Waals surface area contributed by atoms with E-state index in [1.54, 1.807) is 6.92 Å². The van der Waals surface area contributed by atoms with Crippen molar-refractivity contribution in [2.24, 2.45) is 0 Å². The van der Waals surface area contributed by atoms with Gasteiger partial charge in [0.2, 0.25) is 5.91 Å². The van der Waals surface area contributed by atoms with Crippen molar-refractivity contribution in [3.63, 3.8) is 0 Å². The van der Waals surface area contributed by atoms with Crippen molar-refractivity contribution in [1.82, 2.24) is 24.8 Å². The van der Waals surface area contributed by atoms with Gasteiger partial charge in [0.15, 0.2) is 5.82 Å². The normalized spacial score (nSPS) is 19.5. The summed E-state index contributed by atoms with van der Waals surface area (Å²) in [5.41, 5.74) is 2.81. The van der Waals surface area contributed by atoms with Crippen LogP contribution in [0, 0.1) is 13.8 Å². The fourth-order valence-electron chi connectivity index (χ4n) is 4.06. The topological polar surface area (TPSA) is 79.3 Å². The van der Waals surface area contributed by atoms with E-state index in [-0.39, 0.29) is 17.9 Å². The van der Waals surface area contributed by atoms with Gasteiger partial charge in [0, 0.05) is 44.7 Å². The molecule has 0 N–H and O–H groups in total. The first-order valence-corrected chi connectivity index (χ1v) is 10.6. The smallest absolute Gasteiger partial charge is 0.266 e. The lowest BCUT2D eigenvalue weighted by Gasteiger charge is -2.35. The Bertz CT molecular complexity index is 925. The fourth-order valence-corrected chi connectivity index (χ4v) is 4.94. The maximum Gasteiger partial charge on any atom is 0.266 e. The van der Waals surface area contributed by atoms with Gasteiger partial charge in [0.05, 0.1) is 22.4 Å². The van der Waals surface area contributed by atoms with Crippen LogP contribution < -0.4 is 0 Å². The molecule has 2 amide bonds. The van der Waals surface area contributed by atoms with Gasteiger partial charge in [0.25, 0.3) is 5.91 Å². The molecule has 2 aliphatic heterocycles. The summed E-state index contributed by atoms with van der Waals surface area (Å²) in [4.78, 5) is 43.2. The average Bonchev–Trinajstić information content (AvgIpc) is 3.04. The molecule has 0 radical (unpaired) electrons. The number of fused-ring (bicyclic) bond motifs is 1.